The zero-order chi connectivity index (χ0) is 35.7. The fourth-order valence-corrected chi connectivity index (χ4v) is 7.50. The number of halogens is 4. The van der Waals surface area contributed by atoms with Crippen molar-refractivity contribution in [3.63, 3.8) is 0 Å². The van der Waals surface area contributed by atoms with Gasteiger partial charge in [-0.3, -0.25) is 14.5 Å². The Hall–Kier alpha value is -4.52. The van der Waals surface area contributed by atoms with E-state index in [0.29, 0.717) is 38.2 Å². The number of ether oxygens (including phenoxy) is 1. The minimum absolute atomic E-state index is 0.0760. The van der Waals surface area contributed by atoms with Gasteiger partial charge in [-0.25, -0.2) is 4.39 Å². The number of anilines is 1. The average molecular weight is 693 g/mol. The fourth-order valence-electron chi connectivity index (χ4n) is 7.50. The minimum atomic E-state index is -5.10. The van der Waals surface area contributed by atoms with E-state index in [9.17, 15) is 32.3 Å². The van der Waals surface area contributed by atoms with Crippen molar-refractivity contribution in [1.29, 1.82) is 0 Å². The highest BCUT2D eigenvalue weighted by Crippen LogP contribution is 2.43. The number of hydrogen-bond donors (Lipinski definition) is 2. The number of benzene rings is 4. The van der Waals surface area contributed by atoms with Crippen LogP contribution < -0.4 is 10.2 Å². The molecule has 12 heteroatoms. The first-order valence-corrected chi connectivity index (χ1v) is 16.6. The molecule has 2 saturated heterocycles. The highest BCUT2D eigenvalue weighted by atomic mass is 19.4. The van der Waals surface area contributed by atoms with Gasteiger partial charge in [0.05, 0.1) is 19.3 Å². The topological polar surface area (TPSA) is 85.3 Å². The molecule has 2 amide bonds. The van der Waals surface area contributed by atoms with Crippen molar-refractivity contribution in [2.75, 3.05) is 44.9 Å². The van der Waals surface area contributed by atoms with Crippen molar-refractivity contribution < 1.29 is 37.0 Å². The van der Waals surface area contributed by atoms with E-state index in [0.717, 1.165) is 19.2 Å². The van der Waals surface area contributed by atoms with E-state index in [1.54, 1.807) is 12.1 Å². The predicted octanol–water partition coefficient (Wildman–Crippen LogP) is 5.51. The number of rotatable bonds is 10. The van der Waals surface area contributed by atoms with Crippen molar-refractivity contribution in [3.05, 3.63) is 114 Å². The van der Waals surface area contributed by atoms with E-state index < -0.39 is 47.3 Å². The number of β-amino-alcohol motifs (C(OH)–C–C–N with tert-alkyl or cyclic N) is 1. The van der Waals surface area contributed by atoms with Gasteiger partial charge < -0.3 is 25.0 Å². The molecule has 2 heterocycles. The standard InChI is InChI=1S/C38H40F4N4O4/c1-26-8-6-9-27-10-7-11-28(33(26)27)23-44-20-18-36(19-21-44)35(49)45(25-46(36)31-16-14-30(39)15-17-31)24-32(47)22-43-34(48)37(50-2,38(40,41)42)29-12-4-3-5-13-29/h3-17,32,47H,18-25H2,1-2H3,(H,43,48). The first-order chi connectivity index (χ1) is 23.9. The third-order valence-electron chi connectivity index (χ3n) is 10.1. The molecule has 6 rings (SSSR count). The van der Waals surface area contributed by atoms with E-state index in [4.69, 9.17) is 4.74 Å². The Labute approximate surface area is 288 Å². The summed E-state index contributed by atoms with van der Waals surface area (Å²) in [5.74, 6) is -2.14. The summed E-state index contributed by atoms with van der Waals surface area (Å²) < 4.78 is 61.8. The van der Waals surface area contributed by atoms with Crippen molar-refractivity contribution >= 4 is 28.3 Å². The molecule has 0 aliphatic carbocycles. The normalized spacial score (nSPS) is 18.4. The molecule has 0 saturated carbocycles. The van der Waals surface area contributed by atoms with Crippen LogP contribution in [-0.2, 0) is 26.5 Å². The summed E-state index contributed by atoms with van der Waals surface area (Å²) in [6.45, 7) is 3.29. The van der Waals surface area contributed by atoms with Gasteiger partial charge in [0.25, 0.3) is 11.5 Å². The summed E-state index contributed by atoms with van der Waals surface area (Å²) in [5.41, 5.74) is -1.64. The lowest BCUT2D eigenvalue weighted by atomic mass is 9.85. The number of piperidine rings is 1. The molecule has 8 nitrogen and oxygen atoms in total. The molecule has 1 spiro atoms. The van der Waals surface area contributed by atoms with Gasteiger partial charge in [0.1, 0.15) is 11.4 Å². The van der Waals surface area contributed by atoms with Gasteiger partial charge in [0.15, 0.2) is 0 Å². The highest BCUT2D eigenvalue weighted by molar-refractivity contribution is 5.94. The van der Waals surface area contributed by atoms with Gasteiger partial charge in [-0.05, 0) is 65.9 Å². The van der Waals surface area contributed by atoms with Crippen LogP contribution in [0.25, 0.3) is 10.8 Å². The van der Waals surface area contributed by atoms with Gasteiger partial charge in [-0.15, -0.1) is 0 Å². The summed E-state index contributed by atoms with van der Waals surface area (Å²) in [6, 6.07) is 24.9. The maximum Gasteiger partial charge on any atom is 0.430 e. The molecule has 2 aliphatic rings. The number of carbonyl (C=O) groups excluding carboxylic acids is 2. The third-order valence-corrected chi connectivity index (χ3v) is 10.1. The Morgan fingerprint density at radius 3 is 2.26 bits per heavy atom. The van der Waals surface area contributed by atoms with E-state index >= 15 is 0 Å². The second kappa shape index (κ2) is 14.0. The molecule has 2 aliphatic heterocycles. The van der Waals surface area contributed by atoms with E-state index in [1.165, 1.54) is 57.1 Å². The fraction of sp³-hybridized carbons (Fsp3) is 0.368. The minimum Gasteiger partial charge on any atom is -0.389 e. The van der Waals surface area contributed by atoms with Crippen LogP contribution in [0.3, 0.4) is 0 Å². The zero-order valence-corrected chi connectivity index (χ0v) is 27.9. The van der Waals surface area contributed by atoms with Crippen LogP contribution >= 0.6 is 0 Å². The SMILES string of the molecule is COC(C(=O)NCC(O)CN1CN(c2ccc(F)cc2)C2(CCN(Cc3cccc4cccc(C)c34)CC2)C1=O)(c1ccccc1)C(F)(F)F. The number of aryl methyl sites for hydroxylation is 1. The average Bonchev–Trinajstić information content (AvgIpc) is 3.35. The van der Waals surface area contributed by atoms with Crippen LogP contribution in [0, 0.1) is 12.7 Å². The predicted molar refractivity (Wildman–Crippen MR) is 182 cm³/mol. The van der Waals surface area contributed by atoms with E-state index in [1.807, 2.05) is 17.0 Å². The molecule has 264 valence electrons. The summed E-state index contributed by atoms with van der Waals surface area (Å²) in [5, 5.41) is 15.6. The Kier molecular flexibility index (Phi) is 9.89. The molecule has 4 aromatic rings. The monoisotopic (exact) mass is 692 g/mol. The number of methoxy groups -OCH3 is 1. The van der Waals surface area contributed by atoms with E-state index in [-0.39, 0.29) is 19.1 Å². The molecular weight excluding hydrogens is 652 g/mol. The number of nitrogens with zero attached hydrogens (tertiary/aromatic N) is 3. The van der Waals surface area contributed by atoms with Crippen LogP contribution in [0.2, 0.25) is 0 Å². The Morgan fingerprint density at radius 2 is 1.62 bits per heavy atom. The highest BCUT2D eigenvalue weighted by Gasteiger charge is 2.62. The van der Waals surface area contributed by atoms with Crippen LogP contribution in [-0.4, -0.2) is 84.5 Å². The number of aliphatic hydroxyl groups is 1. The smallest absolute Gasteiger partial charge is 0.389 e. The first-order valence-electron chi connectivity index (χ1n) is 16.6. The summed E-state index contributed by atoms with van der Waals surface area (Å²) in [7, 11) is 0.803. The van der Waals surface area contributed by atoms with E-state index in [2.05, 4.69) is 41.4 Å². The first kappa shape index (κ1) is 35.3. The molecule has 2 atom stereocenters. The number of fused-ring (bicyclic) bond motifs is 1. The van der Waals surface area contributed by atoms with Gasteiger partial charge >= 0.3 is 6.18 Å². The molecule has 0 aromatic heterocycles. The van der Waals surface area contributed by atoms with Crippen LogP contribution in [0.15, 0.2) is 91.0 Å². The van der Waals surface area contributed by atoms with Gasteiger partial charge in [-0.1, -0.05) is 66.7 Å². The number of alkyl halides is 3. The number of hydrogen-bond acceptors (Lipinski definition) is 6. The zero-order valence-electron chi connectivity index (χ0n) is 27.9. The molecule has 2 N–H and O–H groups in total. The van der Waals surface area contributed by atoms with Gasteiger partial charge in [-0.2, -0.15) is 13.2 Å². The lowest BCUT2D eigenvalue weighted by molar-refractivity contribution is -0.265. The maximum absolute atomic E-state index is 14.3. The van der Waals surface area contributed by atoms with Crippen molar-refractivity contribution in [3.8, 4) is 0 Å². The quantitative estimate of drug-likeness (QED) is 0.214. The molecule has 50 heavy (non-hydrogen) atoms. The molecule has 4 aromatic carbocycles. The lowest BCUT2D eigenvalue weighted by Gasteiger charge is -2.43. The molecule has 0 radical (unpaired) electrons. The Balaban J connectivity index is 1.17. The van der Waals surface area contributed by atoms with Crippen LogP contribution in [0.4, 0.5) is 23.2 Å². The van der Waals surface area contributed by atoms with Gasteiger partial charge in [0.2, 0.25) is 5.91 Å². The molecule has 2 unspecified atom stereocenters. The summed E-state index contributed by atoms with van der Waals surface area (Å²) >= 11 is 0. The molecule has 2 fully saturated rings. The maximum atomic E-state index is 14.3. The number of amides is 2. The van der Waals surface area contributed by atoms with Crippen LogP contribution in [0.5, 0.6) is 0 Å². The Bertz CT molecular complexity index is 1830. The number of aliphatic hydroxyl groups excluding tert-OH is 1. The van der Waals surface area contributed by atoms with Gasteiger partial charge in [0, 0.05) is 44.5 Å². The number of likely N-dealkylation sites (tertiary alicyclic amines) is 1. The lowest BCUT2D eigenvalue weighted by Crippen LogP contribution is -2.57. The molecule has 0 bridgehead atoms. The second-order valence-electron chi connectivity index (χ2n) is 13.1. The van der Waals surface area contributed by atoms with Crippen molar-refractivity contribution in [2.45, 2.75) is 49.7 Å². The Morgan fingerprint density at radius 1 is 0.960 bits per heavy atom. The summed E-state index contributed by atoms with van der Waals surface area (Å²) in [4.78, 5) is 33.0. The molecular formula is C38H40F4N4O4. The number of nitrogens with one attached hydrogen (secondary N) is 1. The summed E-state index contributed by atoms with van der Waals surface area (Å²) in [6.07, 6.45) is -5.56. The van der Waals surface area contributed by atoms with Crippen molar-refractivity contribution in [1.82, 2.24) is 15.1 Å². The number of carbonyl (C=O) groups is 2. The van der Waals surface area contributed by atoms with Crippen LogP contribution in [0.1, 0.15) is 29.5 Å². The third kappa shape index (κ3) is 6.43. The second-order valence-corrected chi connectivity index (χ2v) is 13.1. The largest absolute Gasteiger partial charge is 0.430 e. The van der Waals surface area contributed by atoms with Crippen molar-refractivity contribution in [2.24, 2.45) is 0 Å².